The number of hydrogen-bond donors (Lipinski definition) is 0. The van der Waals surface area contributed by atoms with Crippen molar-refractivity contribution in [2.24, 2.45) is 5.92 Å². The summed E-state index contributed by atoms with van der Waals surface area (Å²) < 4.78 is 11.4. The molecule has 0 radical (unpaired) electrons. The standard InChI is InChI=1S/C9H20OS/c1-5-9(6-2)7-11(10)8(3)4/h8-9H,5-7H2,1-4H3. The van der Waals surface area contributed by atoms with E-state index in [1.165, 1.54) is 0 Å². The summed E-state index contributed by atoms with van der Waals surface area (Å²) in [6, 6.07) is 0. The molecule has 0 saturated heterocycles. The molecule has 1 atom stereocenters. The summed E-state index contributed by atoms with van der Waals surface area (Å²) in [5.41, 5.74) is 0. The third kappa shape index (κ3) is 4.57. The van der Waals surface area contributed by atoms with Gasteiger partial charge in [-0.15, -0.1) is 0 Å². The highest BCUT2D eigenvalue weighted by atomic mass is 32.2. The van der Waals surface area contributed by atoms with Crippen molar-refractivity contribution in [1.82, 2.24) is 0 Å². The van der Waals surface area contributed by atoms with Crippen molar-refractivity contribution in [2.45, 2.75) is 45.8 Å². The molecule has 1 nitrogen and oxygen atoms in total. The predicted octanol–water partition coefficient (Wildman–Crippen LogP) is 2.58. The fraction of sp³-hybridized carbons (Fsp3) is 1.00. The van der Waals surface area contributed by atoms with Crippen molar-refractivity contribution in [2.75, 3.05) is 5.75 Å². The molecule has 0 saturated carbocycles. The van der Waals surface area contributed by atoms with Gasteiger partial charge < -0.3 is 0 Å². The van der Waals surface area contributed by atoms with Gasteiger partial charge in [0.1, 0.15) is 0 Å². The molecular weight excluding hydrogens is 156 g/mol. The van der Waals surface area contributed by atoms with Gasteiger partial charge in [0.2, 0.25) is 0 Å². The fourth-order valence-corrected chi connectivity index (χ4v) is 2.27. The molecule has 0 aliphatic heterocycles. The van der Waals surface area contributed by atoms with Crippen LogP contribution < -0.4 is 0 Å². The van der Waals surface area contributed by atoms with Crippen molar-refractivity contribution in [3.05, 3.63) is 0 Å². The van der Waals surface area contributed by atoms with Gasteiger partial charge in [-0.3, -0.25) is 4.21 Å². The third-order valence-electron chi connectivity index (χ3n) is 2.08. The van der Waals surface area contributed by atoms with E-state index in [1.807, 2.05) is 13.8 Å². The Bertz CT molecular complexity index is 117. The van der Waals surface area contributed by atoms with E-state index in [0.717, 1.165) is 18.6 Å². The molecule has 68 valence electrons. The van der Waals surface area contributed by atoms with E-state index >= 15 is 0 Å². The zero-order chi connectivity index (χ0) is 8.85. The highest BCUT2D eigenvalue weighted by Gasteiger charge is 2.10. The Morgan fingerprint density at radius 1 is 1.18 bits per heavy atom. The Morgan fingerprint density at radius 2 is 1.64 bits per heavy atom. The zero-order valence-corrected chi connectivity index (χ0v) is 8.91. The molecule has 0 aliphatic rings. The molecule has 0 aliphatic carbocycles. The lowest BCUT2D eigenvalue weighted by Crippen LogP contribution is -2.16. The smallest absolute Gasteiger partial charge is 0.0291 e. The lowest BCUT2D eigenvalue weighted by molar-refractivity contribution is 0.543. The minimum absolute atomic E-state index is 0.329. The maximum atomic E-state index is 11.4. The van der Waals surface area contributed by atoms with Crippen molar-refractivity contribution in [1.29, 1.82) is 0 Å². The first-order valence-corrected chi connectivity index (χ1v) is 5.87. The van der Waals surface area contributed by atoms with Crippen molar-refractivity contribution in [3.63, 3.8) is 0 Å². The second kappa shape index (κ2) is 5.76. The average molecular weight is 176 g/mol. The van der Waals surface area contributed by atoms with Crippen LogP contribution in [0.15, 0.2) is 0 Å². The molecule has 0 rings (SSSR count). The monoisotopic (exact) mass is 176 g/mol. The topological polar surface area (TPSA) is 17.1 Å². The van der Waals surface area contributed by atoms with Gasteiger partial charge in [-0.05, 0) is 5.92 Å². The highest BCUT2D eigenvalue weighted by molar-refractivity contribution is 7.85. The van der Waals surface area contributed by atoms with E-state index in [-0.39, 0.29) is 0 Å². The normalized spacial score (nSPS) is 14.4. The Balaban J connectivity index is 3.72. The van der Waals surface area contributed by atoms with Crippen molar-refractivity contribution >= 4 is 10.8 Å². The molecule has 11 heavy (non-hydrogen) atoms. The summed E-state index contributed by atoms with van der Waals surface area (Å²) in [6.07, 6.45) is 2.32. The Morgan fingerprint density at radius 3 is 1.91 bits per heavy atom. The first-order valence-electron chi connectivity index (χ1n) is 4.48. The highest BCUT2D eigenvalue weighted by Crippen LogP contribution is 2.10. The van der Waals surface area contributed by atoms with E-state index in [1.54, 1.807) is 0 Å². The average Bonchev–Trinajstić information content (AvgIpc) is 1.99. The summed E-state index contributed by atoms with van der Waals surface area (Å²) in [7, 11) is -0.602. The van der Waals surface area contributed by atoms with Crippen LogP contribution in [0.5, 0.6) is 0 Å². The van der Waals surface area contributed by atoms with Crippen LogP contribution in [0, 0.1) is 5.92 Å². The van der Waals surface area contributed by atoms with E-state index in [2.05, 4.69) is 13.8 Å². The van der Waals surface area contributed by atoms with Gasteiger partial charge in [0.25, 0.3) is 0 Å². The van der Waals surface area contributed by atoms with Crippen LogP contribution in [0.1, 0.15) is 40.5 Å². The lowest BCUT2D eigenvalue weighted by Gasteiger charge is -2.13. The predicted molar refractivity (Wildman–Crippen MR) is 52.2 cm³/mol. The number of rotatable bonds is 5. The minimum Gasteiger partial charge on any atom is -0.259 e. The molecule has 1 unspecified atom stereocenters. The number of hydrogen-bond acceptors (Lipinski definition) is 1. The van der Waals surface area contributed by atoms with E-state index in [0.29, 0.717) is 11.2 Å². The van der Waals surface area contributed by atoms with Crippen molar-refractivity contribution in [3.8, 4) is 0 Å². The summed E-state index contributed by atoms with van der Waals surface area (Å²) in [4.78, 5) is 0. The SMILES string of the molecule is CCC(CC)CS(=O)C(C)C. The molecule has 0 heterocycles. The van der Waals surface area contributed by atoms with Crippen molar-refractivity contribution < 1.29 is 4.21 Å². The molecule has 0 fully saturated rings. The maximum Gasteiger partial charge on any atom is 0.0291 e. The Labute approximate surface area is 73.0 Å². The summed E-state index contributed by atoms with van der Waals surface area (Å²) in [5.74, 6) is 1.56. The van der Waals surface area contributed by atoms with Crippen LogP contribution >= 0.6 is 0 Å². The summed E-state index contributed by atoms with van der Waals surface area (Å²) >= 11 is 0. The summed E-state index contributed by atoms with van der Waals surface area (Å²) in [5, 5.41) is 0.329. The van der Waals surface area contributed by atoms with Gasteiger partial charge in [-0.1, -0.05) is 40.5 Å². The second-order valence-electron chi connectivity index (χ2n) is 3.28. The molecule has 0 amide bonds. The lowest BCUT2D eigenvalue weighted by atomic mass is 10.1. The van der Waals surface area contributed by atoms with Gasteiger partial charge >= 0.3 is 0 Å². The molecular formula is C9H20OS. The maximum absolute atomic E-state index is 11.4. The molecule has 0 aromatic heterocycles. The molecule has 0 spiro atoms. The Hall–Kier alpha value is 0.150. The van der Waals surface area contributed by atoms with Crippen LogP contribution in [0.4, 0.5) is 0 Å². The molecule has 0 bridgehead atoms. The quantitative estimate of drug-likeness (QED) is 0.629. The first kappa shape index (κ1) is 11.2. The van der Waals surface area contributed by atoms with E-state index in [9.17, 15) is 4.21 Å². The second-order valence-corrected chi connectivity index (χ2v) is 5.32. The molecule has 2 heteroatoms. The van der Waals surface area contributed by atoms with E-state index in [4.69, 9.17) is 0 Å². The van der Waals surface area contributed by atoms with Crippen LogP contribution in [-0.2, 0) is 10.8 Å². The molecule has 0 aromatic carbocycles. The minimum atomic E-state index is -0.602. The van der Waals surface area contributed by atoms with E-state index < -0.39 is 10.8 Å². The van der Waals surface area contributed by atoms with Gasteiger partial charge in [-0.25, -0.2) is 0 Å². The van der Waals surface area contributed by atoms with Gasteiger partial charge in [-0.2, -0.15) is 0 Å². The van der Waals surface area contributed by atoms with Crippen LogP contribution in [-0.4, -0.2) is 15.2 Å². The fourth-order valence-electron chi connectivity index (χ4n) is 0.949. The van der Waals surface area contributed by atoms with Gasteiger partial charge in [0.15, 0.2) is 0 Å². The first-order chi connectivity index (χ1) is 5.11. The largest absolute Gasteiger partial charge is 0.259 e. The van der Waals surface area contributed by atoms with Crippen LogP contribution in [0.3, 0.4) is 0 Å². The molecule has 0 N–H and O–H groups in total. The van der Waals surface area contributed by atoms with Crippen LogP contribution in [0.2, 0.25) is 0 Å². The molecule has 0 aromatic rings. The summed E-state index contributed by atoms with van der Waals surface area (Å²) in [6.45, 7) is 8.40. The van der Waals surface area contributed by atoms with Gasteiger partial charge in [0.05, 0.1) is 0 Å². The zero-order valence-electron chi connectivity index (χ0n) is 8.09. The third-order valence-corrected chi connectivity index (χ3v) is 3.93. The Kier molecular flexibility index (Phi) is 5.83. The van der Waals surface area contributed by atoms with Crippen LogP contribution in [0.25, 0.3) is 0 Å². The van der Waals surface area contributed by atoms with Gasteiger partial charge in [0, 0.05) is 21.8 Å².